The molecule has 0 radical (unpaired) electrons. The molecule has 2 N–H and O–H groups in total. The van der Waals surface area contributed by atoms with Gasteiger partial charge < -0.3 is 19.5 Å². The number of benzene rings is 3. The van der Waals surface area contributed by atoms with Gasteiger partial charge in [0.05, 0.1) is 23.9 Å². The fraction of sp³-hybridized carbons (Fsp3) is 0.276. The number of carbonyl (C=O) groups is 2. The van der Waals surface area contributed by atoms with Gasteiger partial charge in [0.2, 0.25) is 0 Å². The predicted molar refractivity (Wildman–Crippen MR) is 150 cm³/mol. The van der Waals surface area contributed by atoms with E-state index < -0.39 is 23.6 Å². The molecule has 0 aromatic heterocycles. The molecular formula is C29H32BrN3O5. The first-order valence-corrected chi connectivity index (χ1v) is 12.9. The van der Waals surface area contributed by atoms with Gasteiger partial charge in [-0.1, -0.05) is 60.7 Å². The number of nitrogens with one attached hydrogen (secondary N) is 2. The highest BCUT2D eigenvalue weighted by molar-refractivity contribution is 9.10. The number of ether oxygens (including phenoxy) is 3. The third kappa shape index (κ3) is 10.4. The SMILES string of the molecule is CC(C)(C)OC(=O)N[C@@H](COCc1ccccc1)C(=O)N/N=C\c1ccc(OCc2ccccc2)c(Br)c1. The van der Waals surface area contributed by atoms with Crippen molar-refractivity contribution in [2.24, 2.45) is 5.10 Å². The Hall–Kier alpha value is -3.69. The fourth-order valence-electron chi connectivity index (χ4n) is 3.20. The van der Waals surface area contributed by atoms with E-state index in [2.05, 4.69) is 31.8 Å². The Balaban J connectivity index is 1.57. The molecule has 3 aromatic rings. The van der Waals surface area contributed by atoms with Crippen LogP contribution >= 0.6 is 15.9 Å². The molecule has 0 aliphatic heterocycles. The summed E-state index contributed by atoms with van der Waals surface area (Å²) in [7, 11) is 0. The largest absolute Gasteiger partial charge is 0.488 e. The van der Waals surface area contributed by atoms with E-state index in [9.17, 15) is 9.59 Å². The van der Waals surface area contributed by atoms with Crippen LogP contribution in [0.4, 0.5) is 4.79 Å². The summed E-state index contributed by atoms with van der Waals surface area (Å²) in [6.07, 6.45) is 0.777. The molecule has 3 rings (SSSR count). The van der Waals surface area contributed by atoms with Crippen LogP contribution in [0, 0.1) is 0 Å². The maximum atomic E-state index is 12.8. The second kappa shape index (κ2) is 14.3. The molecule has 1 atom stereocenters. The van der Waals surface area contributed by atoms with Crippen molar-refractivity contribution in [1.29, 1.82) is 0 Å². The van der Waals surface area contributed by atoms with Gasteiger partial charge >= 0.3 is 6.09 Å². The molecule has 38 heavy (non-hydrogen) atoms. The van der Waals surface area contributed by atoms with Crippen molar-refractivity contribution < 1.29 is 23.8 Å². The lowest BCUT2D eigenvalue weighted by Gasteiger charge is -2.22. The van der Waals surface area contributed by atoms with Crippen molar-refractivity contribution in [1.82, 2.24) is 10.7 Å². The van der Waals surface area contributed by atoms with Gasteiger partial charge in [0.25, 0.3) is 5.91 Å². The Kier molecular flexibility index (Phi) is 10.9. The summed E-state index contributed by atoms with van der Waals surface area (Å²) < 4.78 is 17.6. The van der Waals surface area contributed by atoms with Crippen LogP contribution in [-0.4, -0.2) is 36.5 Å². The molecule has 0 heterocycles. The van der Waals surface area contributed by atoms with Crippen molar-refractivity contribution in [2.45, 2.75) is 45.6 Å². The second-order valence-electron chi connectivity index (χ2n) is 9.40. The van der Waals surface area contributed by atoms with Gasteiger partial charge in [-0.05, 0) is 71.6 Å². The van der Waals surface area contributed by atoms with Crippen molar-refractivity contribution in [2.75, 3.05) is 6.61 Å². The quantitative estimate of drug-likeness (QED) is 0.227. The number of carbonyl (C=O) groups excluding carboxylic acids is 2. The smallest absolute Gasteiger partial charge is 0.408 e. The number of hydrazone groups is 1. The Labute approximate surface area is 231 Å². The van der Waals surface area contributed by atoms with E-state index in [1.54, 1.807) is 20.8 Å². The number of hydrogen-bond acceptors (Lipinski definition) is 6. The van der Waals surface area contributed by atoms with E-state index >= 15 is 0 Å². The van der Waals surface area contributed by atoms with Gasteiger partial charge in [0, 0.05) is 0 Å². The Bertz CT molecular complexity index is 1210. The summed E-state index contributed by atoms with van der Waals surface area (Å²) in [5, 5.41) is 6.60. The molecule has 2 amide bonds. The molecule has 9 heteroatoms. The van der Waals surface area contributed by atoms with Crippen molar-refractivity contribution in [3.8, 4) is 5.75 Å². The summed E-state index contributed by atoms with van der Waals surface area (Å²) in [4.78, 5) is 25.1. The minimum atomic E-state index is -1.01. The first-order chi connectivity index (χ1) is 18.2. The lowest BCUT2D eigenvalue weighted by atomic mass is 10.2. The minimum absolute atomic E-state index is 0.0610. The predicted octanol–water partition coefficient (Wildman–Crippen LogP) is 5.59. The van der Waals surface area contributed by atoms with Gasteiger partial charge in [0.1, 0.15) is 24.0 Å². The van der Waals surface area contributed by atoms with E-state index in [0.29, 0.717) is 12.4 Å². The van der Waals surface area contributed by atoms with Crippen LogP contribution in [0.1, 0.15) is 37.5 Å². The minimum Gasteiger partial charge on any atom is -0.488 e. The number of amides is 2. The zero-order valence-corrected chi connectivity index (χ0v) is 23.2. The van der Waals surface area contributed by atoms with Crippen LogP contribution in [0.25, 0.3) is 0 Å². The summed E-state index contributed by atoms with van der Waals surface area (Å²) in [5.41, 5.74) is 4.50. The van der Waals surface area contributed by atoms with Gasteiger partial charge in [-0.15, -0.1) is 0 Å². The highest BCUT2D eigenvalue weighted by atomic mass is 79.9. The highest BCUT2D eigenvalue weighted by Gasteiger charge is 2.24. The fourth-order valence-corrected chi connectivity index (χ4v) is 3.71. The number of nitrogens with zero attached hydrogens (tertiary/aromatic N) is 1. The zero-order chi connectivity index (χ0) is 27.4. The van der Waals surface area contributed by atoms with Crippen molar-refractivity contribution in [3.63, 3.8) is 0 Å². The average Bonchev–Trinajstić information content (AvgIpc) is 2.88. The number of hydrogen-bond donors (Lipinski definition) is 2. The Morgan fingerprint density at radius 1 is 0.947 bits per heavy atom. The Morgan fingerprint density at radius 3 is 2.18 bits per heavy atom. The first kappa shape index (κ1) is 28.9. The average molecular weight is 582 g/mol. The lowest BCUT2D eigenvalue weighted by Crippen LogP contribution is -2.49. The lowest BCUT2D eigenvalue weighted by molar-refractivity contribution is -0.124. The van der Waals surface area contributed by atoms with Gasteiger partial charge in [0.15, 0.2) is 0 Å². The number of alkyl carbamates (subject to hydrolysis) is 1. The maximum absolute atomic E-state index is 12.8. The Morgan fingerprint density at radius 2 is 1.58 bits per heavy atom. The molecule has 200 valence electrons. The molecule has 0 bridgehead atoms. The number of rotatable bonds is 11. The molecule has 0 aliphatic carbocycles. The number of halogens is 1. The molecule has 0 fully saturated rings. The van der Waals surface area contributed by atoms with Crippen LogP contribution in [-0.2, 0) is 27.5 Å². The first-order valence-electron chi connectivity index (χ1n) is 12.1. The third-order valence-corrected chi connectivity index (χ3v) is 5.60. The normalized spacial score (nSPS) is 12.1. The monoisotopic (exact) mass is 581 g/mol. The molecule has 0 saturated heterocycles. The highest BCUT2D eigenvalue weighted by Crippen LogP contribution is 2.26. The summed E-state index contributed by atoms with van der Waals surface area (Å²) in [6, 6.07) is 23.9. The van der Waals surface area contributed by atoms with Crippen LogP contribution in [0.15, 0.2) is 88.4 Å². The van der Waals surface area contributed by atoms with Crippen LogP contribution in [0.5, 0.6) is 5.75 Å². The molecule has 3 aromatic carbocycles. The molecule has 0 spiro atoms. The summed E-state index contributed by atoms with van der Waals surface area (Å²) in [6.45, 7) is 5.91. The zero-order valence-electron chi connectivity index (χ0n) is 21.6. The summed E-state index contributed by atoms with van der Waals surface area (Å²) in [5.74, 6) is 0.147. The second-order valence-corrected chi connectivity index (χ2v) is 10.3. The van der Waals surface area contributed by atoms with Crippen LogP contribution < -0.4 is 15.5 Å². The molecule has 0 unspecified atom stereocenters. The standard InChI is InChI=1S/C29H32BrN3O5/c1-29(2,3)38-28(35)32-25(20-36-18-21-10-6-4-7-11-21)27(34)33-31-17-23-14-15-26(24(30)16-23)37-19-22-12-8-5-9-13-22/h4-17,25H,18-20H2,1-3H3,(H,32,35)(H,33,34)/b31-17-/t25-/m0/s1. The summed E-state index contributed by atoms with van der Waals surface area (Å²) >= 11 is 3.51. The topological polar surface area (TPSA) is 98.2 Å². The maximum Gasteiger partial charge on any atom is 0.408 e. The van der Waals surface area contributed by atoms with Crippen molar-refractivity contribution in [3.05, 3.63) is 100 Å². The van der Waals surface area contributed by atoms with E-state index in [-0.39, 0.29) is 13.2 Å². The van der Waals surface area contributed by atoms with Gasteiger partial charge in [-0.2, -0.15) is 5.10 Å². The van der Waals surface area contributed by atoms with E-state index in [4.69, 9.17) is 14.2 Å². The third-order valence-electron chi connectivity index (χ3n) is 4.98. The van der Waals surface area contributed by atoms with Crippen molar-refractivity contribution >= 4 is 34.1 Å². The van der Waals surface area contributed by atoms with Gasteiger partial charge in [-0.25, -0.2) is 10.2 Å². The van der Waals surface area contributed by atoms with E-state index in [1.165, 1.54) is 6.21 Å². The molecule has 8 nitrogen and oxygen atoms in total. The van der Waals surface area contributed by atoms with E-state index in [0.717, 1.165) is 21.2 Å². The molecule has 0 saturated carbocycles. The van der Waals surface area contributed by atoms with Crippen LogP contribution in [0.3, 0.4) is 0 Å². The van der Waals surface area contributed by atoms with Gasteiger partial charge in [-0.3, -0.25) is 4.79 Å². The molecule has 0 aliphatic rings. The van der Waals surface area contributed by atoms with Crippen LogP contribution in [0.2, 0.25) is 0 Å². The van der Waals surface area contributed by atoms with E-state index in [1.807, 2.05) is 78.9 Å². The molecular weight excluding hydrogens is 550 g/mol.